The molecule has 1 aliphatic heterocycles. The highest BCUT2D eigenvalue weighted by molar-refractivity contribution is 7.86. The number of aromatic nitrogens is 2. The molecule has 1 aromatic carbocycles. The number of carboxylic acids is 1. The summed E-state index contributed by atoms with van der Waals surface area (Å²) in [4.78, 5) is 15.5. The molecule has 2 aromatic rings. The SMILES string of the molecule is CCCCCCCCCCCCCCCCCC1=Nn2c(nc3cc(C(=O)O)ccc32)C1S(=O)(=O)O. The Hall–Kier alpha value is -2.26. The number of hydrogen-bond donors (Lipinski definition) is 2. The first-order valence-corrected chi connectivity index (χ1v) is 15.1. The number of rotatable bonds is 18. The predicted molar refractivity (Wildman–Crippen MR) is 143 cm³/mol. The zero-order valence-corrected chi connectivity index (χ0v) is 22.3. The van der Waals surface area contributed by atoms with Crippen LogP contribution in [0.1, 0.15) is 131 Å². The molecule has 3 rings (SSSR count). The molecule has 2 heterocycles. The van der Waals surface area contributed by atoms with E-state index in [9.17, 15) is 22.9 Å². The van der Waals surface area contributed by atoms with E-state index in [1.54, 1.807) is 6.07 Å². The summed E-state index contributed by atoms with van der Waals surface area (Å²) in [5.41, 5.74) is 1.31. The van der Waals surface area contributed by atoms with E-state index in [-0.39, 0.29) is 11.4 Å². The summed E-state index contributed by atoms with van der Waals surface area (Å²) in [6.45, 7) is 2.25. The average molecular weight is 520 g/mol. The Morgan fingerprint density at radius 3 is 1.92 bits per heavy atom. The summed E-state index contributed by atoms with van der Waals surface area (Å²) in [5.74, 6) is -0.972. The van der Waals surface area contributed by atoms with Gasteiger partial charge in [0.2, 0.25) is 0 Å². The maximum Gasteiger partial charge on any atom is 0.335 e. The minimum Gasteiger partial charge on any atom is -0.478 e. The Labute approximate surface area is 214 Å². The molecule has 1 aromatic heterocycles. The lowest BCUT2D eigenvalue weighted by Crippen LogP contribution is -2.19. The zero-order valence-electron chi connectivity index (χ0n) is 21.5. The number of carboxylic acid groups (broad SMARTS) is 1. The number of nitrogens with zero attached hydrogens (tertiary/aromatic N) is 3. The first-order chi connectivity index (χ1) is 17.3. The van der Waals surface area contributed by atoms with Gasteiger partial charge in [0.25, 0.3) is 10.1 Å². The minimum absolute atomic E-state index is 0.0599. The molecule has 2 N–H and O–H groups in total. The van der Waals surface area contributed by atoms with Crippen molar-refractivity contribution in [1.29, 1.82) is 0 Å². The zero-order chi connectivity index (χ0) is 26.0. The maximum absolute atomic E-state index is 12.1. The van der Waals surface area contributed by atoms with E-state index >= 15 is 0 Å². The Morgan fingerprint density at radius 2 is 1.42 bits per heavy atom. The Balaban J connectivity index is 1.37. The number of fused-ring (bicyclic) bond motifs is 3. The van der Waals surface area contributed by atoms with Gasteiger partial charge in [-0.3, -0.25) is 4.55 Å². The molecule has 0 saturated heterocycles. The lowest BCUT2D eigenvalue weighted by atomic mass is 10.0. The van der Waals surface area contributed by atoms with Gasteiger partial charge in [-0.1, -0.05) is 96.8 Å². The standard InChI is InChI=1S/C27H41N3O5S/c1-2-3-4-5-6-7-8-9-10-11-12-13-14-15-16-17-22-25(36(33,34)35)26-28-23-20-21(27(31)32)18-19-24(23)30(26)29-22/h18-20,25H,2-17H2,1H3,(H,31,32)(H,33,34,35). The molecule has 200 valence electrons. The van der Waals surface area contributed by atoms with Crippen molar-refractivity contribution in [3.8, 4) is 0 Å². The molecule has 36 heavy (non-hydrogen) atoms. The van der Waals surface area contributed by atoms with Gasteiger partial charge in [0.15, 0.2) is 11.1 Å². The van der Waals surface area contributed by atoms with Crippen molar-refractivity contribution < 1.29 is 22.9 Å². The maximum atomic E-state index is 12.1. The fraction of sp³-hybridized carbons (Fsp3) is 0.667. The average Bonchev–Trinajstić information content (AvgIpc) is 3.36. The topological polar surface area (TPSA) is 122 Å². The van der Waals surface area contributed by atoms with Gasteiger partial charge in [0, 0.05) is 0 Å². The van der Waals surface area contributed by atoms with E-state index in [0.29, 0.717) is 23.2 Å². The van der Waals surface area contributed by atoms with Crippen LogP contribution in [0.2, 0.25) is 0 Å². The molecule has 1 aliphatic rings. The number of unbranched alkanes of at least 4 members (excludes halogenated alkanes) is 14. The molecule has 8 nitrogen and oxygen atoms in total. The largest absolute Gasteiger partial charge is 0.478 e. The molecule has 0 bridgehead atoms. The fourth-order valence-electron chi connectivity index (χ4n) is 4.99. The minimum atomic E-state index is -4.44. The quantitative estimate of drug-likeness (QED) is 0.159. The van der Waals surface area contributed by atoms with Crippen LogP contribution in [0.25, 0.3) is 11.0 Å². The molecule has 0 fully saturated rings. The summed E-state index contributed by atoms with van der Waals surface area (Å²) in [5, 5.41) is 12.3. The normalized spacial score (nSPS) is 15.4. The molecule has 0 aliphatic carbocycles. The van der Waals surface area contributed by atoms with Crippen LogP contribution in [0.4, 0.5) is 0 Å². The van der Waals surface area contributed by atoms with Gasteiger partial charge in [-0.2, -0.15) is 13.5 Å². The third-order valence-corrected chi connectivity index (χ3v) is 8.08. The van der Waals surface area contributed by atoms with E-state index in [4.69, 9.17) is 0 Å². The second-order valence-corrected chi connectivity index (χ2v) is 11.5. The molecule has 9 heteroatoms. The van der Waals surface area contributed by atoms with Crippen molar-refractivity contribution >= 4 is 32.8 Å². The van der Waals surface area contributed by atoms with Crippen LogP contribution >= 0.6 is 0 Å². The molecule has 1 atom stereocenters. The van der Waals surface area contributed by atoms with E-state index < -0.39 is 21.3 Å². The molecule has 0 spiro atoms. The van der Waals surface area contributed by atoms with Gasteiger partial charge in [0.05, 0.1) is 22.3 Å². The second kappa shape index (κ2) is 13.9. The van der Waals surface area contributed by atoms with Crippen LogP contribution in [0.15, 0.2) is 23.3 Å². The molecule has 1 unspecified atom stereocenters. The van der Waals surface area contributed by atoms with Crippen LogP contribution in [-0.2, 0) is 10.1 Å². The molecule has 0 amide bonds. The van der Waals surface area contributed by atoms with Crippen molar-refractivity contribution in [1.82, 2.24) is 9.66 Å². The van der Waals surface area contributed by atoms with Crippen molar-refractivity contribution in [2.24, 2.45) is 5.10 Å². The van der Waals surface area contributed by atoms with Gasteiger partial charge in [-0.25, -0.2) is 14.5 Å². The molecular weight excluding hydrogens is 478 g/mol. The van der Waals surface area contributed by atoms with E-state index in [2.05, 4.69) is 17.0 Å². The van der Waals surface area contributed by atoms with Crippen LogP contribution in [0.3, 0.4) is 0 Å². The first-order valence-electron chi connectivity index (χ1n) is 13.6. The highest BCUT2D eigenvalue weighted by Gasteiger charge is 2.39. The molecule has 0 radical (unpaired) electrons. The summed E-state index contributed by atoms with van der Waals surface area (Å²) >= 11 is 0. The third-order valence-electron chi connectivity index (χ3n) is 7.00. The Morgan fingerprint density at radius 1 is 0.889 bits per heavy atom. The third kappa shape index (κ3) is 7.87. The van der Waals surface area contributed by atoms with Gasteiger partial charge in [-0.15, -0.1) is 0 Å². The summed E-state index contributed by atoms with van der Waals surface area (Å²) in [6, 6.07) is 4.38. The van der Waals surface area contributed by atoms with Crippen LogP contribution < -0.4 is 0 Å². The van der Waals surface area contributed by atoms with Crippen molar-refractivity contribution in [3.05, 3.63) is 29.6 Å². The van der Waals surface area contributed by atoms with Crippen LogP contribution in [-0.4, -0.2) is 39.4 Å². The van der Waals surface area contributed by atoms with E-state index in [0.717, 1.165) is 19.3 Å². The highest BCUT2D eigenvalue weighted by atomic mass is 32.2. The van der Waals surface area contributed by atoms with Gasteiger partial charge in [-0.05, 0) is 31.0 Å². The predicted octanol–water partition coefficient (Wildman–Crippen LogP) is 7.14. The number of aromatic carboxylic acids is 1. The Bertz CT molecular complexity index is 1140. The van der Waals surface area contributed by atoms with Crippen molar-refractivity contribution in [3.63, 3.8) is 0 Å². The lowest BCUT2D eigenvalue weighted by Gasteiger charge is -2.09. The number of benzene rings is 1. The molecular formula is C27H41N3O5S. The van der Waals surface area contributed by atoms with E-state index in [1.165, 1.54) is 93.9 Å². The number of carbonyl (C=O) groups is 1. The van der Waals surface area contributed by atoms with Crippen molar-refractivity contribution in [2.45, 2.75) is 115 Å². The number of imidazole rings is 1. The molecule has 0 saturated carbocycles. The summed E-state index contributed by atoms with van der Waals surface area (Å²) < 4.78 is 35.6. The monoisotopic (exact) mass is 519 g/mol. The van der Waals surface area contributed by atoms with Crippen molar-refractivity contribution in [2.75, 3.05) is 0 Å². The van der Waals surface area contributed by atoms with Gasteiger partial charge < -0.3 is 5.11 Å². The smallest absolute Gasteiger partial charge is 0.335 e. The summed E-state index contributed by atoms with van der Waals surface area (Å²) in [7, 11) is -4.44. The van der Waals surface area contributed by atoms with Gasteiger partial charge >= 0.3 is 5.97 Å². The first kappa shape index (κ1) is 28.3. The van der Waals surface area contributed by atoms with E-state index in [1.807, 2.05) is 0 Å². The fourth-order valence-corrected chi connectivity index (χ4v) is 5.92. The summed E-state index contributed by atoms with van der Waals surface area (Å²) in [6.07, 6.45) is 19.3. The number of hydrogen-bond acceptors (Lipinski definition) is 5. The van der Waals surface area contributed by atoms with Gasteiger partial charge in [0.1, 0.15) is 0 Å². The highest BCUT2D eigenvalue weighted by Crippen LogP contribution is 2.34. The van der Waals surface area contributed by atoms with Crippen LogP contribution in [0.5, 0.6) is 0 Å². The van der Waals surface area contributed by atoms with Crippen LogP contribution in [0, 0.1) is 0 Å². The second-order valence-electron chi connectivity index (χ2n) is 9.98. The lowest BCUT2D eigenvalue weighted by molar-refractivity contribution is 0.0697. The Kier molecular flexibility index (Phi) is 10.9.